The average molecular weight is 232 g/mol. The second-order valence-electron chi connectivity index (χ2n) is 5.05. The molecular formula is C15H24N2. The highest BCUT2D eigenvalue weighted by Gasteiger charge is 2.24. The van der Waals surface area contributed by atoms with Crippen molar-refractivity contribution >= 4 is 5.69 Å². The zero-order valence-corrected chi connectivity index (χ0v) is 11.2. The summed E-state index contributed by atoms with van der Waals surface area (Å²) < 4.78 is 0. The molecule has 1 aliphatic heterocycles. The van der Waals surface area contributed by atoms with E-state index in [1.54, 1.807) is 0 Å². The fraction of sp³-hybridized carbons (Fsp3) is 0.600. The van der Waals surface area contributed by atoms with Crippen molar-refractivity contribution in [2.45, 2.75) is 45.7 Å². The van der Waals surface area contributed by atoms with Crippen molar-refractivity contribution in [2.75, 3.05) is 18.0 Å². The normalized spacial score (nSPS) is 25.0. The maximum Gasteiger partial charge on any atom is 0.0412 e. The molecule has 1 N–H and O–H groups in total. The van der Waals surface area contributed by atoms with E-state index in [9.17, 15) is 0 Å². The van der Waals surface area contributed by atoms with Gasteiger partial charge in [-0.25, -0.2) is 0 Å². The van der Waals surface area contributed by atoms with Crippen molar-refractivity contribution < 1.29 is 0 Å². The molecule has 17 heavy (non-hydrogen) atoms. The van der Waals surface area contributed by atoms with Gasteiger partial charge >= 0.3 is 0 Å². The van der Waals surface area contributed by atoms with E-state index in [0.717, 1.165) is 19.5 Å². The summed E-state index contributed by atoms with van der Waals surface area (Å²) in [7, 11) is 0. The molecule has 0 radical (unpaired) electrons. The second-order valence-corrected chi connectivity index (χ2v) is 5.05. The van der Waals surface area contributed by atoms with Gasteiger partial charge in [0.2, 0.25) is 0 Å². The highest BCUT2D eigenvalue weighted by molar-refractivity contribution is 5.50. The van der Waals surface area contributed by atoms with Crippen LogP contribution >= 0.6 is 0 Å². The molecule has 2 rings (SSSR count). The van der Waals surface area contributed by atoms with Crippen LogP contribution in [0.3, 0.4) is 0 Å². The maximum absolute atomic E-state index is 3.57. The average Bonchev–Trinajstić information content (AvgIpc) is 2.39. The molecule has 1 fully saturated rings. The van der Waals surface area contributed by atoms with E-state index in [-0.39, 0.29) is 0 Å². The molecule has 1 aromatic rings. The monoisotopic (exact) mass is 232 g/mol. The van der Waals surface area contributed by atoms with Crippen LogP contribution in [0.15, 0.2) is 24.3 Å². The van der Waals surface area contributed by atoms with Crippen LogP contribution in [-0.4, -0.2) is 25.2 Å². The molecule has 1 saturated heterocycles. The molecule has 94 valence electrons. The Balaban J connectivity index is 2.22. The van der Waals surface area contributed by atoms with E-state index in [0.29, 0.717) is 12.1 Å². The van der Waals surface area contributed by atoms with Crippen LogP contribution in [0.2, 0.25) is 0 Å². The Labute approximate surface area is 105 Å². The molecule has 2 nitrogen and oxygen atoms in total. The third-order valence-corrected chi connectivity index (χ3v) is 3.73. The standard InChI is InChI=1S/C15H24N2/c1-4-13-7-6-8-15(9-13)17-11-12(3)16-10-14(17)5-2/h6-9,12,14,16H,4-5,10-11H2,1-3H3. The van der Waals surface area contributed by atoms with Crippen LogP contribution in [0.1, 0.15) is 32.8 Å². The Morgan fingerprint density at radius 3 is 2.88 bits per heavy atom. The van der Waals surface area contributed by atoms with Crippen LogP contribution in [0.4, 0.5) is 5.69 Å². The van der Waals surface area contributed by atoms with Gasteiger partial charge in [-0.3, -0.25) is 0 Å². The van der Waals surface area contributed by atoms with Crippen molar-refractivity contribution in [3.05, 3.63) is 29.8 Å². The molecule has 0 spiro atoms. The minimum absolute atomic E-state index is 0.586. The molecule has 0 aliphatic carbocycles. The van der Waals surface area contributed by atoms with E-state index in [4.69, 9.17) is 0 Å². The van der Waals surface area contributed by atoms with E-state index < -0.39 is 0 Å². The number of hydrogen-bond acceptors (Lipinski definition) is 2. The topological polar surface area (TPSA) is 15.3 Å². The number of aryl methyl sites for hydroxylation is 1. The minimum Gasteiger partial charge on any atom is -0.366 e. The van der Waals surface area contributed by atoms with Crippen molar-refractivity contribution in [3.63, 3.8) is 0 Å². The quantitative estimate of drug-likeness (QED) is 0.862. The number of nitrogens with zero attached hydrogens (tertiary/aromatic N) is 1. The molecule has 0 amide bonds. The van der Waals surface area contributed by atoms with Crippen LogP contribution in [0.25, 0.3) is 0 Å². The number of rotatable bonds is 3. The first-order valence-corrected chi connectivity index (χ1v) is 6.83. The van der Waals surface area contributed by atoms with Crippen molar-refractivity contribution in [3.8, 4) is 0 Å². The zero-order chi connectivity index (χ0) is 12.3. The lowest BCUT2D eigenvalue weighted by Crippen LogP contribution is -2.55. The van der Waals surface area contributed by atoms with Gasteiger partial charge in [-0.1, -0.05) is 26.0 Å². The first-order valence-electron chi connectivity index (χ1n) is 6.83. The molecule has 0 aromatic heterocycles. The number of nitrogens with one attached hydrogen (secondary N) is 1. The molecule has 1 aliphatic rings. The molecular weight excluding hydrogens is 208 g/mol. The highest BCUT2D eigenvalue weighted by Crippen LogP contribution is 2.22. The van der Waals surface area contributed by atoms with Gasteiger partial charge in [-0.05, 0) is 37.5 Å². The van der Waals surface area contributed by atoms with Crippen LogP contribution in [-0.2, 0) is 6.42 Å². The highest BCUT2D eigenvalue weighted by atomic mass is 15.2. The third kappa shape index (κ3) is 2.81. The summed E-state index contributed by atoms with van der Waals surface area (Å²) in [6.07, 6.45) is 2.32. The Hall–Kier alpha value is -1.02. The Kier molecular flexibility index (Phi) is 4.06. The summed E-state index contributed by atoms with van der Waals surface area (Å²) in [6.45, 7) is 8.98. The smallest absolute Gasteiger partial charge is 0.0412 e. The predicted molar refractivity (Wildman–Crippen MR) is 74.7 cm³/mol. The van der Waals surface area contributed by atoms with E-state index in [2.05, 4.69) is 55.3 Å². The first-order chi connectivity index (χ1) is 8.24. The summed E-state index contributed by atoms with van der Waals surface area (Å²) in [5.74, 6) is 0. The number of piperazine rings is 1. The number of benzene rings is 1. The SMILES string of the molecule is CCc1cccc(N2CC(C)NCC2CC)c1. The van der Waals surface area contributed by atoms with Crippen molar-refractivity contribution in [2.24, 2.45) is 0 Å². The fourth-order valence-corrected chi connectivity index (χ4v) is 2.59. The molecule has 0 bridgehead atoms. The van der Waals surface area contributed by atoms with Gasteiger partial charge in [0.25, 0.3) is 0 Å². The lowest BCUT2D eigenvalue weighted by atomic mass is 10.0. The molecule has 0 saturated carbocycles. The van der Waals surface area contributed by atoms with Gasteiger partial charge in [-0.2, -0.15) is 0 Å². The van der Waals surface area contributed by atoms with Gasteiger partial charge in [-0.15, -0.1) is 0 Å². The Morgan fingerprint density at radius 2 is 2.18 bits per heavy atom. The Morgan fingerprint density at radius 1 is 1.35 bits per heavy atom. The summed E-state index contributed by atoms with van der Waals surface area (Å²) in [5.41, 5.74) is 2.83. The molecule has 1 heterocycles. The third-order valence-electron chi connectivity index (χ3n) is 3.73. The first kappa shape index (κ1) is 12.4. The number of anilines is 1. The molecule has 1 aromatic carbocycles. The molecule has 2 heteroatoms. The molecule has 2 atom stereocenters. The Bertz CT molecular complexity index is 362. The van der Waals surface area contributed by atoms with Gasteiger partial charge in [0.15, 0.2) is 0 Å². The molecule has 2 unspecified atom stereocenters. The van der Waals surface area contributed by atoms with Crippen molar-refractivity contribution in [1.82, 2.24) is 5.32 Å². The predicted octanol–water partition coefficient (Wildman–Crippen LogP) is 2.83. The van der Waals surface area contributed by atoms with Crippen LogP contribution in [0.5, 0.6) is 0 Å². The van der Waals surface area contributed by atoms with Gasteiger partial charge in [0.05, 0.1) is 0 Å². The minimum atomic E-state index is 0.586. The van der Waals surface area contributed by atoms with Gasteiger partial charge in [0.1, 0.15) is 0 Å². The number of hydrogen-bond donors (Lipinski definition) is 1. The summed E-state index contributed by atoms with van der Waals surface area (Å²) in [5, 5.41) is 3.57. The van der Waals surface area contributed by atoms with Gasteiger partial charge in [0, 0.05) is 30.9 Å². The van der Waals surface area contributed by atoms with E-state index >= 15 is 0 Å². The lowest BCUT2D eigenvalue weighted by Gasteiger charge is -2.40. The lowest BCUT2D eigenvalue weighted by molar-refractivity contribution is 0.402. The summed E-state index contributed by atoms with van der Waals surface area (Å²) in [4.78, 5) is 2.57. The summed E-state index contributed by atoms with van der Waals surface area (Å²) in [6, 6.07) is 10.2. The zero-order valence-electron chi connectivity index (χ0n) is 11.2. The fourth-order valence-electron chi connectivity index (χ4n) is 2.59. The van der Waals surface area contributed by atoms with Crippen LogP contribution < -0.4 is 10.2 Å². The summed E-state index contributed by atoms with van der Waals surface area (Å²) >= 11 is 0. The van der Waals surface area contributed by atoms with E-state index in [1.165, 1.54) is 17.7 Å². The largest absolute Gasteiger partial charge is 0.366 e. The van der Waals surface area contributed by atoms with Gasteiger partial charge < -0.3 is 10.2 Å². The second kappa shape index (κ2) is 5.54. The van der Waals surface area contributed by atoms with Crippen LogP contribution in [0, 0.1) is 0 Å². The van der Waals surface area contributed by atoms with E-state index in [1.807, 2.05) is 0 Å². The van der Waals surface area contributed by atoms with Crippen molar-refractivity contribution in [1.29, 1.82) is 0 Å². The maximum atomic E-state index is 3.57.